The number of ether oxygens (including phenoxy) is 1. The largest absolute Gasteiger partial charge is 0.465 e. The standard InChI is InChI=1S/C16H15N3O2/c1-11-5-3-4-6-12(11)9-14-17-18-15-10-13(16(20)21-2)7-8-19(14)15/h3-8,10H,9H2,1-2H3. The summed E-state index contributed by atoms with van der Waals surface area (Å²) in [5, 5.41) is 8.35. The summed E-state index contributed by atoms with van der Waals surface area (Å²) in [6.07, 6.45) is 2.50. The molecule has 0 aliphatic carbocycles. The number of hydrogen-bond acceptors (Lipinski definition) is 4. The maximum atomic E-state index is 11.5. The zero-order valence-electron chi connectivity index (χ0n) is 11.9. The Bertz CT molecular complexity index is 808. The highest BCUT2D eigenvalue weighted by molar-refractivity contribution is 5.90. The Balaban J connectivity index is 1.98. The first kappa shape index (κ1) is 13.3. The van der Waals surface area contributed by atoms with Crippen molar-refractivity contribution in [2.75, 3.05) is 7.11 Å². The Labute approximate surface area is 122 Å². The minimum Gasteiger partial charge on any atom is -0.465 e. The molecule has 0 aliphatic rings. The number of pyridine rings is 1. The maximum absolute atomic E-state index is 11.5. The molecule has 2 heterocycles. The van der Waals surface area contributed by atoms with Crippen molar-refractivity contribution < 1.29 is 9.53 Å². The fraction of sp³-hybridized carbons (Fsp3) is 0.188. The SMILES string of the molecule is COC(=O)c1ccn2c(Cc3ccccc3C)nnc2c1. The molecular formula is C16H15N3O2. The molecular weight excluding hydrogens is 266 g/mol. The van der Waals surface area contributed by atoms with E-state index in [1.807, 2.05) is 16.5 Å². The number of nitrogens with zero attached hydrogens (tertiary/aromatic N) is 3. The second kappa shape index (κ2) is 5.36. The van der Waals surface area contributed by atoms with Crippen LogP contribution in [0, 0.1) is 6.92 Å². The van der Waals surface area contributed by atoms with Crippen molar-refractivity contribution >= 4 is 11.6 Å². The maximum Gasteiger partial charge on any atom is 0.338 e. The van der Waals surface area contributed by atoms with E-state index < -0.39 is 0 Å². The number of carbonyl (C=O) groups excluding carboxylic acids is 1. The van der Waals surface area contributed by atoms with Gasteiger partial charge in [0.15, 0.2) is 5.65 Å². The summed E-state index contributed by atoms with van der Waals surface area (Å²) in [6.45, 7) is 2.08. The van der Waals surface area contributed by atoms with Gasteiger partial charge in [0, 0.05) is 12.6 Å². The third kappa shape index (κ3) is 2.50. The number of carbonyl (C=O) groups is 1. The lowest BCUT2D eigenvalue weighted by Gasteiger charge is -2.04. The van der Waals surface area contributed by atoms with Crippen LogP contribution in [-0.4, -0.2) is 27.7 Å². The summed E-state index contributed by atoms with van der Waals surface area (Å²) in [4.78, 5) is 11.5. The first-order chi connectivity index (χ1) is 10.2. The molecule has 0 saturated heterocycles. The van der Waals surface area contributed by atoms with E-state index >= 15 is 0 Å². The van der Waals surface area contributed by atoms with Crippen molar-refractivity contribution in [1.29, 1.82) is 0 Å². The van der Waals surface area contributed by atoms with Gasteiger partial charge in [0.05, 0.1) is 12.7 Å². The Morgan fingerprint density at radius 2 is 2.05 bits per heavy atom. The Morgan fingerprint density at radius 1 is 1.24 bits per heavy atom. The number of aromatic nitrogens is 3. The molecule has 0 N–H and O–H groups in total. The van der Waals surface area contributed by atoms with Crippen molar-refractivity contribution in [3.63, 3.8) is 0 Å². The average Bonchev–Trinajstić information content (AvgIpc) is 2.91. The molecule has 0 saturated carbocycles. The molecule has 0 unspecified atom stereocenters. The van der Waals surface area contributed by atoms with Crippen molar-refractivity contribution in [2.45, 2.75) is 13.3 Å². The molecule has 3 aromatic rings. The third-order valence-corrected chi connectivity index (χ3v) is 3.51. The average molecular weight is 281 g/mol. The second-order valence-electron chi connectivity index (χ2n) is 4.85. The van der Waals surface area contributed by atoms with Gasteiger partial charge in [-0.3, -0.25) is 4.40 Å². The van der Waals surface area contributed by atoms with E-state index in [9.17, 15) is 4.79 Å². The molecule has 5 heteroatoms. The van der Waals surface area contributed by atoms with Crippen LogP contribution in [0.2, 0.25) is 0 Å². The fourth-order valence-corrected chi connectivity index (χ4v) is 2.28. The predicted molar refractivity (Wildman–Crippen MR) is 78.3 cm³/mol. The minimum absolute atomic E-state index is 0.374. The van der Waals surface area contributed by atoms with Gasteiger partial charge in [0.25, 0.3) is 0 Å². The van der Waals surface area contributed by atoms with Gasteiger partial charge in [-0.25, -0.2) is 4.79 Å². The van der Waals surface area contributed by atoms with Crippen molar-refractivity contribution in [3.8, 4) is 0 Å². The van der Waals surface area contributed by atoms with Gasteiger partial charge < -0.3 is 4.74 Å². The van der Waals surface area contributed by atoms with Crippen LogP contribution in [0.3, 0.4) is 0 Å². The quantitative estimate of drug-likeness (QED) is 0.692. The van der Waals surface area contributed by atoms with Crippen molar-refractivity contribution in [3.05, 3.63) is 65.1 Å². The summed E-state index contributed by atoms with van der Waals surface area (Å²) in [5.74, 6) is 0.469. The molecule has 0 amide bonds. The van der Waals surface area contributed by atoms with Crippen LogP contribution >= 0.6 is 0 Å². The van der Waals surface area contributed by atoms with E-state index in [0.717, 1.165) is 5.82 Å². The first-order valence-corrected chi connectivity index (χ1v) is 6.65. The number of aryl methyl sites for hydroxylation is 1. The van der Waals surface area contributed by atoms with E-state index in [0.29, 0.717) is 17.6 Å². The smallest absolute Gasteiger partial charge is 0.338 e. The van der Waals surface area contributed by atoms with Gasteiger partial charge in [-0.05, 0) is 30.2 Å². The van der Waals surface area contributed by atoms with Crippen LogP contribution in [0.5, 0.6) is 0 Å². The molecule has 1 aromatic carbocycles. The van der Waals surface area contributed by atoms with Gasteiger partial charge in [0.2, 0.25) is 0 Å². The molecule has 3 rings (SSSR count). The van der Waals surface area contributed by atoms with Crippen LogP contribution in [0.15, 0.2) is 42.6 Å². The number of methoxy groups -OCH3 is 1. The van der Waals surface area contributed by atoms with Crippen LogP contribution < -0.4 is 0 Å². The molecule has 106 valence electrons. The van der Waals surface area contributed by atoms with Gasteiger partial charge in [0.1, 0.15) is 5.82 Å². The van der Waals surface area contributed by atoms with E-state index in [1.54, 1.807) is 18.3 Å². The molecule has 0 bridgehead atoms. The zero-order valence-corrected chi connectivity index (χ0v) is 11.9. The van der Waals surface area contributed by atoms with Crippen LogP contribution in [0.4, 0.5) is 0 Å². The van der Waals surface area contributed by atoms with Crippen LogP contribution in [-0.2, 0) is 11.2 Å². The number of rotatable bonds is 3. The second-order valence-corrected chi connectivity index (χ2v) is 4.85. The lowest BCUT2D eigenvalue weighted by Crippen LogP contribution is -2.03. The van der Waals surface area contributed by atoms with Gasteiger partial charge in [-0.2, -0.15) is 0 Å². The highest BCUT2D eigenvalue weighted by Gasteiger charge is 2.11. The highest BCUT2D eigenvalue weighted by atomic mass is 16.5. The first-order valence-electron chi connectivity index (χ1n) is 6.65. The number of benzene rings is 1. The molecule has 0 fully saturated rings. The summed E-state index contributed by atoms with van der Waals surface area (Å²) in [5.41, 5.74) is 3.55. The third-order valence-electron chi connectivity index (χ3n) is 3.51. The zero-order chi connectivity index (χ0) is 14.8. The lowest BCUT2D eigenvalue weighted by atomic mass is 10.1. The Kier molecular flexibility index (Phi) is 3.39. The predicted octanol–water partition coefficient (Wildman–Crippen LogP) is 2.42. The van der Waals surface area contributed by atoms with Gasteiger partial charge >= 0.3 is 5.97 Å². The van der Waals surface area contributed by atoms with Crippen molar-refractivity contribution in [2.24, 2.45) is 0 Å². The van der Waals surface area contributed by atoms with Gasteiger partial charge in [-0.15, -0.1) is 10.2 Å². The van der Waals surface area contributed by atoms with E-state index in [1.165, 1.54) is 18.2 Å². The van der Waals surface area contributed by atoms with E-state index in [2.05, 4.69) is 29.3 Å². The Morgan fingerprint density at radius 3 is 2.81 bits per heavy atom. The van der Waals surface area contributed by atoms with Gasteiger partial charge in [-0.1, -0.05) is 24.3 Å². The molecule has 2 aromatic heterocycles. The molecule has 0 spiro atoms. The molecule has 0 radical (unpaired) electrons. The Hall–Kier alpha value is -2.69. The normalized spacial score (nSPS) is 10.8. The summed E-state index contributed by atoms with van der Waals surface area (Å²) in [7, 11) is 1.36. The minimum atomic E-state index is -0.374. The highest BCUT2D eigenvalue weighted by Crippen LogP contribution is 2.14. The molecule has 0 aliphatic heterocycles. The number of fused-ring (bicyclic) bond motifs is 1. The fourth-order valence-electron chi connectivity index (χ4n) is 2.28. The lowest BCUT2D eigenvalue weighted by molar-refractivity contribution is 0.0600. The molecule has 5 nitrogen and oxygen atoms in total. The molecule has 0 atom stereocenters. The topological polar surface area (TPSA) is 56.5 Å². The van der Waals surface area contributed by atoms with Crippen LogP contribution in [0.25, 0.3) is 5.65 Å². The summed E-state index contributed by atoms with van der Waals surface area (Å²) >= 11 is 0. The monoisotopic (exact) mass is 281 g/mol. The van der Waals surface area contributed by atoms with E-state index in [-0.39, 0.29) is 5.97 Å². The summed E-state index contributed by atoms with van der Waals surface area (Å²) < 4.78 is 6.59. The van der Waals surface area contributed by atoms with Crippen molar-refractivity contribution in [1.82, 2.24) is 14.6 Å². The number of hydrogen-bond donors (Lipinski definition) is 0. The number of esters is 1. The molecule has 21 heavy (non-hydrogen) atoms. The summed E-state index contributed by atoms with van der Waals surface area (Å²) in [6, 6.07) is 11.6. The van der Waals surface area contributed by atoms with Crippen LogP contribution in [0.1, 0.15) is 27.3 Å². The van der Waals surface area contributed by atoms with E-state index in [4.69, 9.17) is 4.74 Å².